The Balaban J connectivity index is 0.000000735. The van der Waals surface area contributed by atoms with Crippen LogP contribution in [0.2, 0.25) is 0 Å². The van der Waals surface area contributed by atoms with Crippen molar-refractivity contribution in [2.75, 3.05) is 0 Å². The Hall–Kier alpha value is -2.62. The van der Waals surface area contributed by atoms with Crippen molar-refractivity contribution in [3.63, 3.8) is 0 Å². The third-order valence-electron chi connectivity index (χ3n) is 4.89. The molecule has 2 heterocycles. The molecule has 2 aromatic heterocycles. The van der Waals surface area contributed by atoms with Crippen molar-refractivity contribution in [2.24, 2.45) is 0 Å². The number of benzene rings is 1. The van der Waals surface area contributed by atoms with Gasteiger partial charge in [-0.1, -0.05) is 12.1 Å². The van der Waals surface area contributed by atoms with E-state index in [2.05, 4.69) is 28.2 Å². The fourth-order valence-electron chi connectivity index (χ4n) is 2.83. The number of aliphatic hydroxyl groups is 2. The second-order valence-electron chi connectivity index (χ2n) is 7.75. The summed E-state index contributed by atoms with van der Waals surface area (Å²) >= 11 is 0. The van der Waals surface area contributed by atoms with Crippen LogP contribution in [0.25, 0.3) is 22.3 Å². The molecule has 158 valence electrons. The highest BCUT2D eigenvalue weighted by atomic mass is 16.5. The number of nitrogens with zero attached hydrogens (tertiary/aromatic N) is 2. The van der Waals surface area contributed by atoms with Gasteiger partial charge in [-0.05, 0) is 78.9 Å². The minimum Gasteiger partial charge on any atom is -0.402 e. The first-order chi connectivity index (χ1) is 14.0. The summed E-state index contributed by atoms with van der Waals surface area (Å²) in [6.45, 7) is 4.92. The molecule has 0 saturated heterocycles. The molecule has 1 aromatic carbocycles. The van der Waals surface area contributed by atoms with Crippen LogP contribution in [0.1, 0.15) is 26.3 Å². The van der Waals surface area contributed by atoms with Crippen molar-refractivity contribution in [1.29, 1.82) is 0 Å². The molecular formula is C22H27BN2O5. The van der Waals surface area contributed by atoms with Gasteiger partial charge in [0.1, 0.15) is 0 Å². The van der Waals surface area contributed by atoms with Crippen molar-refractivity contribution in [3.8, 4) is 22.3 Å². The molecule has 0 aliphatic rings. The van der Waals surface area contributed by atoms with E-state index in [0.717, 1.165) is 27.8 Å². The van der Waals surface area contributed by atoms with Gasteiger partial charge in [0.15, 0.2) is 0 Å². The summed E-state index contributed by atoms with van der Waals surface area (Å²) in [5.41, 5.74) is 2.69. The molecule has 1 unspecified atom stereocenters. The normalized spacial score (nSPS) is 13.1. The third kappa shape index (κ3) is 6.72. The van der Waals surface area contributed by atoms with Gasteiger partial charge in [0.05, 0.1) is 11.2 Å². The largest absolute Gasteiger partial charge is 0.631 e. The van der Waals surface area contributed by atoms with Gasteiger partial charge in [0.2, 0.25) is 0 Å². The van der Waals surface area contributed by atoms with Crippen LogP contribution in [0.15, 0.2) is 67.3 Å². The number of hydrogen-bond acceptors (Lipinski definition) is 7. The minimum atomic E-state index is -2.17. The standard InChI is InChI=1S/C22H24N2O2.BH3O3/c1-21(2,25)22(3,26)15-16-12-19(17-4-8-23-9-5-17)14-20(13-16)18-6-10-24-11-7-18;2-1(3)4/h4-14,25-26H,15H2,1-3H3;2-4H. The maximum Gasteiger partial charge on any atom is 0.631 e. The predicted octanol–water partition coefficient (Wildman–Crippen LogP) is 1.82. The van der Waals surface area contributed by atoms with Gasteiger partial charge in [-0.15, -0.1) is 0 Å². The van der Waals surface area contributed by atoms with Crippen LogP contribution in [-0.4, -0.2) is 53.8 Å². The average molecular weight is 410 g/mol. The zero-order valence-electron chi connectivity index (χ0n) is 17.3. The van der Waals surface area contributed by atoms with Crippen LogP contribution < -0.4 is 0 Å². The first kappa shape index (κ1) is 23.7. The summed E-state index contributed by atoms with van der Waals surface area (Å²) in [6.07, 6.45) is 7.40. The van der Waals surface area contributed by atoms with E-state index in [1.54, 1.807) is 45.6 Å². The summed E-state index contributed by atoms with van der Waals surface area (Å²) in [5.74, 6) is 0. The van der Waals surface area contributed by atoms with E-state index in [4.69, 9.17) is 15.1 Å². The SMILES string of the molecule is CC(C)(O)C(C)(O)Cc1cc(-c2ccncc2)cc(-c2ccncc2)c1.OB(O)O. The lowest BCUT2D eigenvalue weighted by Crippen LogP contribution is -2.49. The quantitative estimate of drug-likeness (QED) is 0.406. The zero-order chi connectivity index (χ0) is 22.4. The maximum atomic E-state index is 10.8. The molecule has 1 atom stereocenters. The molecule has 8 heteroatoms. The lowest BCUT2D eigenvalue weighted by atomic mass is 9.81. The lowest BCUT2D eigenvalue weighted by Gasteiger charge is -2.36. The third-order valence-corrected chi connectivity index (χ3v) is 4.89. The Morgan fingerprint density at radius 3 is 1.40 bits per heavy atom. The van der Waals surface area contributed by atoms with E-state index in [-0.39, 0.29) is 0 Å². The monoisotopic (exact) mass is 410 g/mol. The Labute approximate surface area is 176 Å². The number of aromatic nitrogens is 2. The summed E-state index contributed by atoms with van der Waals surface area (Å²) in [7, 11) is -2.17. The second kappa shape index (κ2) is 9.93. The van der Waals surface area contributed by atoms with Crippen LogP contribution in [0.3, 0.4) is 0 Å². The van der Waals surface area contributed by atoms with Crippen LogP contribution in [0, 0.1) is 0 Å². The Kier molecular flexibility index (Phi) is 7.83. The van der Waals surface area contributed by atoms with Crippen molar-refractivity contribution >= 4 is 7.32 Å². The van der Waals surface area contributed by atoms with Gasteiger partial charge in [0, 0.05) is 31.2 Å². The molecule has 0 bridgehead atoms. The molecule has 0 radical (unpaired) electrons. The van der Waals surface area contributed by atoms with Gasteiger partial charge < -0.3 is 25.3 Å². The number of hydrogen-bond donors (Lipinski definition) is 5. The van der Waals surface area contributed by atoms with Crippen LogP contribution in [-0.2, 0) is 6.42 Å². The molecule has 0 fully saturated rings. The molecule has 3 rings (SSSR count). The Morgan fingerprint density at radius 2 is 1.07 bits per heavy atom. The Morgan fingerprint density at radius 1 is 0.700 bits per heavy atom. The first-order valence-electron chi connectivity index (χ1n) is 9.43. The van der Waals surface area contributed by atoms with Crippen molar-refractivity contribution in [3.05, 3.63) is 72.8 Å². The lowest BCUT2D eigenvalue weighted by molar-refractivity contribution is -0.118. The van der Waals surface area contributed by atoms with Gasteiger partial charge in [0.25, 0.3) is 0 Å². The fourth-order valence-corrected chi connectivity index (χ4v) is 2.83. The molecule has 7 nitrogen and oxygen atoms in total. The molecule has 0 saturated carbocycles. The smallest absolute Gasteiger partial charge is 0.402 e. The van der Waals surface area contributed by atoms with Crippen molar-refractivity contribution in [1.82, 2.24) is 9.97 Å². The highest BCUT2D eigenvalue weighted by Crippen LogP contribution is 2.32. The highest BCUT2D eigenvalue weighted by molar-refractivity contribution is 6.30. The summed E-state index contributed by atoms with van der Waals surface area (Å²) < 4.78 is 0. The molecule has 5 N–H and O–H groups in total. The van der Waals surface area contributed by atoms with E-state index in [1.807, 2.05) is 24.3 Å². The van der Waals surface area contributed by atoms with Crippen molar-refractivity contribution in [2.45, 2.75) is 38.4 Å². The number of rotatable bonds is 5. The second-order valence-corrected chi connectivity index (χ2v) is 7.75. The maximum absolute atomic E-state index is 10.8. The van der Waals surface area contributed by atoms with Crippen LogP contribution >= 0.6 is 0 Å². The van der Waals surface area contributed by atoms with Gasteiger partial charge in [-0.25, -0.2) is 0 Å². The van der Waals surface area contributed by atoms with Crippen LogP contribution in [0.4, 0.5) is 0 Å². The summed E-state index contributed by atoms with van der Waals surface area (Å²) in [6, 6.07) is 14.1. The first-order valence-corrected chi connectivity index (χ1v) is 9.43. The van der Waals surface area contributed by atoms with E-state index in [1.165, 1.54) is 0 Å². The summed E-state index contributed by atoms with van der Waals surface area (Å²) in [5, 5.41) is 42.6. The predicted molar refractivity (Wildman–Crippen MR) is 116 cm³/mol. The van der Waals surface area contributed by atoms with E-state index in [9.17, 15) is 10.2 Å². The molecule has 0 amide bonds. The molecule has 0 aliphatic carbocycles. The summed E-state index contributed by atoms with van der Waals surface area (Å²) in [4.78, 5) is 8.17. The van der Waals surface area contributed by atoms with Gasteiger partial charge in [-0.3, -0.25) is 9.97 Å². The van der Waals surface area contributed by atoms with Crippen LogP contribution in [0.5, 0.6) is 0 Å². The van der Waals surface area contributed by atoms with E-state index in [0.29, 0.717) is 6.42 Å². The topological polar surface area (TPSA) is 127 Å². The average Bonchev–Trinajstić information content (AvgIpc) is 2.67. The van der Waals surface area contributed by atoms with Gasteiger partial charge in [-0.2, -0.15) is 0 Å². The van der Waals surface area contributed by atoms with Crippen molar-refractivity contribution < 1.29 is 25.3 Å². The van der Waals surface area contributed by atoms with Gasteiger partial charge >= 0.3 is 7.32 Å². The van der Waals surface area contributed by atoms with E-state index < -0.39 is 18.5 Å². The molecule has 3 aromatic rings. The molecule has 0 spiro atoms. The molecule has 0 aliphatic heterocycles. The zero-order valence-corrected chi connectivity index (χ0v) is 17.3. The molecule has 30 heavy (non-hydrogen) atoms. The number of pyridine rings is 2. The Bertz CT molecular complexity index is 869. The highest BCUT2D eigenvalue weighted by Gasteiger charge is 2.37. The molecular weight excluding hydrogens is 383 g/mol. The fraction of sp³-hybridized carbons (Fsp3) is 0.273. The minimum absolute atomic E-state index is 0.341. The van der Waals surface area contributed by atoms with E-state index >= 15 is 0 Å².